The highest BCUT2D eigenvalue weighted by Crippen LogP contribution is 2.31. The molecule has 3 aromatic carbocycles. The Morgan fingerprint density at radius 2 is 1.71 bits per heavy atom. The highest BCUT2D eigenvalue weighted by atomic mass is 32.2. The van der Waals surface area contributed by atoms with E-state index in [-0.39, 0.29) is 0 Å². The topological polar surface area (TPSA) is 110 Å². The molecule has 0 spiro atoms. The molecular formula is C26H24N4O4S. The van der Waals surface area contributed by atoms with E-state index in [1.165, 1.54) is 0 Å². The molecule has 0 unspecified atom stereocenters. The first-order valence-corrected chi connectivity index (χ1v) is 12.6. The number of aromatic nitrogens is 1. The molecule has 0 bridgehead atoms. The van der Waals surface area contributed by atoms with Crippen LogP contribution >= 0.6 is 0 Å². The van der Waals surface area contributed by atoms with Crippen LogP contribution in [0.3, 0.4) is 0 Å². The van der Waals surface area contributed by atoms with Crippen molar-refractivity contribution in [1.82, 2.24) is 10.4 Å². The van der Waals surface area contributed by atoms with Gasteiger partial charge >= 0.3 is 0 Å². The minimum absolute atomic E-state index is 0.399. The molecule has 0 atom stereocenters. The van der Waals surface area contributed by atoms with Gasteiger partial charge < -0.3 is 4.74 Å². The Balaban J connectivity index is 1.67. The minimum atomic E-state index is -3.41. The molecule has 0 aliphatic rings. The summed E-state index contributed by atoms with van der Waals surface area (Å²) in [5.41, 5.74) is 6.66. The van der Waals surface area contributed by atoms with E-state index in [0.717, 1.165) is 11.8 Å². The maximum atomic E-state index is 13.2. The quantitative estimate of drug-likeness (QED) is 0.295. The van der Waals surface area contributed by atoms with Gasteiger partial charge in [0.25, 0.3) is 5.91 Å². The van der Waals surface area contributed by atoms with E-state index in [4.69, 9.17) is 9.72 Å². The molecule has 0 saturated heterocycles. The largest absolute Gasteiger partial charge is 0.496 e. The van der Waals surface area contributed by atoms with Crippen molar-refractivity contribution in [2.45, 2.75) is 6.92 Å². The second-order valence-electron chi connectivity index (χ2n) is 7.87. The molecule has 0 aliphatic heterocycles. The number of amides is 1. The number of hydrogen-bond acceptors (Lipinski definition) is 6. The van der Waals surface area contributed by atoms with Gasteiger partial charge in [0, 0.05) is 16.6 Å². The molecule has 1 heterocycles. The number of para-hydroxylation sites is 2. The van der Waals surface area contributed by atoms with Gasteiger partial charge in [0.05, 0.1) is 35.9 Å². The summed E-state index contributed by atoms with van der Waals surface area (Å²) in [7, 11) is -1.82. The number of anilines is 1. The zero-order valence-electron chi connectivity index (χ0n) is 19.4. The predicted molar refractivity (Wildman–Crippen MR) is 138 cm³/mol. The van der Waals surface area contributed by atoms with Crippen LogP contribution in [0.25, 0.3) is 22.2 Å². The van der Waals surface area contributed by atoms with Gasteiger partial charge in [-0.2, -0.15) is 5.10 Å². The van der Waals surface area contributed by atoms with E-state index in [1.807, 2.05) is 48.5 Å². The molecule has 1 aromatic heterocycles. The fraction of sp³-hybridized carbons (Fsp3) is 0.115. The van der Waals surface area contributed by atoms with Gasteiger partial charge in [-0.3, -0.25) is 9.52 Å². The number of hydrogen-bond donors (Lipinski definition) is 2. The van der Waals surface area contributed by atoms with Crippen molar-refractivity contribution in [3.8, 4) is 17.0 Å². The molecule has 0 saturated carbocycles. The summed E-state index contributed by atoms with van der Waals surface area (Å²) in [6.45, 7) is 1.73. The van der Waals surface area contributed by atoms with Gasteiger partial charge in [-0.25, -0.2) is 18.8 Å². The first-order valence-electron chi connectivity index (χ1n) is 10.7. The van der Waals surface area contributed by atoms with E-state index in [9.17, 15) is 13.2 Å². The Kier molecular flexibility index (Phi) is 6.79. The number of fused-ring (bicyclic) bond motifs is 1. The Morgan fingerprint density at radius 3 is 2.49 bits per heavy atom. The average Bonchev–Trinajstić information content (AvgIpc) is 2.85. The van der Waals surface area contributed by atoms with Gasteiger partial charge in [0.2, 0.25) is 10.0 Å². The number of ether oxygens (including phenoxy) is 1. The fourth-order valence-corrected chi connectivity index (χ4v) is 4.19. The molecule has 2 N–H and O–H groups in total. The Morgan fingerprint density at radius 1 is 0.971 bits per heavy atom. The number of sulfonamides is 1. The zero-order chi connectivity index (χ0) is 25.0. The van der Waals surface area contributed by atoms with E-state index in [2.05, 4.69) is 15.2 Å². The Hall–Kier alpha value is -4.24. The van der Waals surface area contributed by atoms with Crippen molar-refractivity contribution in [2.24, 2.45) is 5.10 Å². The van der Waals surface area contributed by atoms with Crippen molar-refractivity contribution < 1.29 is 17.9 Å². The maximum Gasteiger partial charge on any atom is 0.272 e. The maximum absolute atomic E-state index is 13.2. The van der Waals surface area contributed by atoms with Gasteiger partial charge in [0.1, 0.15) is 5.75 Å². The summed E-state index contributed by atoms with van der Waals surface area (Å²) >= 11 is 0. The van der Waals surface area contributed by atoms with Crippen LogP contribution in [0.5, 0.6) is 5.75 Å². The van der Waals surface area contributed by atoms with Crippen molar-refractivity contribution in [3.05, 3.63) is 90.0 Å². The molecule has 35 heavy (non-hydrogen) atoms. The Labute approximate surface area is 203 Å². The lowest BCUT2D eigenvalue weighted by Gasteiger charge is -2.12. The van der Waals surface area contributed by atoms with Gasteiger partial charge in [0.15, 0.2) is 0 Å². The first kappa shape index (κ1) is 23.9. The molecule has 178 valence electrons. The number of carbonyl (C=O) groups is 1. The van der Waals surface area contributed by atoms with Crippen LogP contribution in [0.1, 0.15) is 22.8 Å². The molecular weight excluding hydrogens is 464 g/mol. The van der Waals surface area contributed by atoms with Crippen LogP contribution in [-0.2, 0) is 10.0 Å². The number of pyridine rings is 1. The van der Waals surface area contributed by atoms with E-state index in [1.54, 1.807) is 44.4 Å². The van der Waals surface area contributed by atoms with Crippen LogP contribution in [0.4, 0.5) is 5.69 Å². The number of benzene rings is 3. The minimum Gasteiger partial charge on any atom is -0.496 e. The molecule has 9 heteroatoms. The standard InChI is InChI=1S/C26H24N4O4S/c1-17(18-9-8-10-19(15-18)30-35(3,32)33)28-29-26(31)22-16-24(21-12-5-7-14-25(21)34-2)27-23-13-6-4-11-20(22)23/h4-16,30H,1-3H3,(H,29,31). The number of methoxy groups -OCH3 is 1. The van der Waals surface area contributed by atoms with E-state index >= 15 is 0 Å². The van der Waals surface area contributed by atoms with Gasteiger partial charge in [-0.1, -0.05) is 42.5 Å². The van der Waals surface area contributed by atoms with Crippen molar-refractivity contribution in [2.75, 3.05) is 18.1 Å². The summed E-state index contributed by atoms with van der Waals surface area (Å²) in [6.07, 6.45) is 1.08. The van der Waals surface area contributed by atoms with Crippen LogP contribution < -0.4 is 14.9 Å². The fourth-order valence-electron chi connectivity index (χ4n) is 3.64. The van der Waals surface area contributed by atoms with Crippen LogP contribution in [-0.4, -0.2) is 38.4 Å². The highest BCUT2D eigenvalue weighted by Gasteiger charge is 2.16. The summed E-state index contributed by atoms with van der Waals surface area (Å²) in [5, 5.41) is 4.94. The molecule has 0 aliphatic carbocycles. The number of nitrogens with zero attached hydrogens (tertiary/aromatic N) is 2. The number of nitrogens with one attached hydrogen (secondary N) is 2. The second kappa shape index (κ2) is 9.94. The van der Waals surface area contributed by atoms with Gasteiger partial charge in [-0.15, -0.1) is 0 Å². The third kappa shape index (κ3) is 5.64. The average molecular weight is 489 g/mol. The number of hydrazone groups is 1. The molecule has 4 aromatic rings. The van der Waals surface area contributed by atoms with Crippen molar-refractivity contribution in [1.29, 1.82) is 0 Å². The zero-order valence-corrected chi connectivity index (χ0v) is 20.3. The lowest BCUT2D eigenvalue weighted by Crippen LogP contribution is -2.20. The summed E-state index contributed by atoms with van der Waals surface area (Å²) < 4.78 is 30.9. The predicted octanol–water partition coefficient (Wildman–Crippen LogP) is 4.44. The Bertz CT molecular complexity index is 1550. The molecule has 8 nitrogen and oxygen atoms in total. The smallest absolute Gasteiger partial charge is 0.272 e. The van der Waals surface area contributed by atoms with Crippen molar-refractivity contribution >= 4 is 38.2 Å². The monoisotopic (exact) mass is 488 g/mol. The highest BCUT2D eigenvalue weighted by molar-refractivity contribution is 7.92. The lowest BCUT2D eigenvalue weighted by molar-refractivity contribution is 0.0956. The van der Waals surface area contributed by atoms with Crippen LogP contribution in [0.15, 0.2) is 84.0 Å². The third-order valence-electron chi connectivity index (χ3n) is 5.25. The van der Waals surface area contributed by atoms with Crippen LogP contribution in [0, 0.1) is 0 Å². The summed E-state index contributed by atoms with van der Waals surface area (Å²) in [5.74, 6) is 0.252. The second-order valence-corrected chi connectivity index (χ2v) is 9.61. The molecule has 1 amide bonds. The van der Waals surface area contributed by atoms with Gasteiger partial charge in [-0.05, 0) is 48.9 Å². The summed E-state index contributed by atoms with van der Waals surface area (Å²) in [4.78, 5) is 17.9. The number of rotatable bonds is 7. The molecule has 0 fully saturated rings. The van der Waals surface area contributed by atoms with Crippen molar-refractivity contribution in [3.63, 3.8) is 0 Å². The van der Waals surface area contributed by atoms with E-state index in [0.29, 0.717) is 44.9 Å². The normalized spacial score (nSPS) is 11.8. The first-order chi connectivity index (χ1) is 16.7. The third-order valence-corrected chi connectivity index (χ3v) is 5.86. The van der Waals surface area contributed by atoms with E-state index < -0.39 is 15.9 Å². The molecule has 0 radical (unpaired) electrons. The summed E-state index contributed by atoms with van der Waals surface area (Å²) in [6, 6.07) is 23.4. The number of carbonyl (C=O) groups excluding carboxylic acids is 1. The SMILES string of the molecule is COc1ccccc1-c1cc(C(=O)NN=C(C)c2cccc(NS(C)(=O)=O)c2)c2ccccc2n1. The molecule has 4 rings (SSSR count). The van der Waals surface area contributed by atoms with Crippen LogP contribution in [0.2, 0.25) is 0 Å². The lowest BCUT2D eigenvalue weighted by atomic mass is 10.0.